The summed E-state index contributed by atoms with van der Waals surface area (Å²) in [7, 11) is 0. The average Bonchev–Trinajstić information content (AvgIpc) is 2.73. The number of hydrogen-bond acceptors (Lipinski definition) is 5. The zero-order valence-corrected chi connectivity index (χ0v) is 17.4. The minimum atomic E-state index is -0.793. The molecule has 1 aromatic carbocycles. The van der Waals surface area contributed by atoms with Gasteiger partial charge in [-0.1, -0.05) is 41.4 Å². The Morgan fingerprint density at radius 3 is 2.80 bits per heavy atom. The van der Waals surface area contributed by atoms with Gasteiger partial charge < -0.3 is 15.0 Å². The number of aryl methyl sites for hydroxylation is 1. The van der Waals surface area contributed by atoms with Gasteiger partial charge in [0.2, 0.25) is 5.88 Å². The molecule has 0 amide bonds. The SMILES string of the molecule is Cc1cc2c(c(=O)n1Cc1cccnc1)[C@H](c1cccc(Cl)c1Cl)C(C#N)=C(N)O2. The Morgan fingerprint density at radius 1 is 1.30 bits per heavy atom. The van der Waals surface area contributed by atoms with Crippen molar-refractivity contribution in [2.75, 3.05) is 0 Å². The molecule has 0 aliphatic carbocycles. The van der Waals surface area contributed by atoms with Crippen LogP contribution in [0, 0.1) is 18.3 Å². The van der Waals surface area contributed by atoms with Crippen molar-refractivity contribution in [3.8, 4) is 11.8 Å². The van der Waals surface area contributed by atoms with Crippen LogP contribution in [0.1, 0.15) is 28.3 Å². The van der Waals surface area contributed by atoms with Gasteiger partial charge in [-0.05, 0) is 30.2 Å². The maximum absolute atomic E-state index is 13.6. The third-order valence-corrected chi connectivity index (χ3v) is 5.88. The standard InChI is InChI=1S/C22H16Cl2N4O2/c1-12-8-17-19(22(29)28(12)11-13-4-3-7-27-10-13)18(15(9-25)21(26)30-17)14-5-2-6-16(23)20(14)24/h2-8,10,18H,11,26H2,1H3/t18-/m1/s1. The predicted molar refractivity (Wildman–Crippen MR) is 115 cm³/mol. The molecule has 0 radical (unpaired) electrons. The molecule has 6 nitrogen and oxygen atoms in total. The van der Waals surface area contributed by atoms with Crippen LogP contribution in [0.2, 0.25) is 10.0 Å². The van der Waals surface area contributed by atoms with Gasteiger partial charge in [-0.25, -0.2) is 0 Å². The Bertz CT molecular complexity index is 1280. The lowest BCUT2D eigenvalue weighted by Gasteiger charge is -2.28. The quantitative estimate of drug-likeness (QED) is 0.663. The monoisotopic (exact) mass is 438 g/mol. The first kappa shape index (κ1) is 20.0. The van der Waals surface area contributed by atoms with Gasteiger partial charge in [0.15, 0.2) is 0 Å². The largest absolute Gasteiger partial charge is 0.440 e. The molecule has 150 valence electrons. The molecule has 2 aromatic heterocycles. The molecule has 4 rings (SSSR count). The lowest BCUT2D eigenvalue weighted by molar-refractivity contribution is 0.389. The smallest absolute Gasteiger partial charge is 0.259 e. The van der Waals surface area contributed by atoms with Crippen LogP contribution in [-0.4, -0.2) is 9.55 Å². The number of fused-ring (bicyclic) bond motifs is 1. The first-order valence-corrected chi connectivity index (χ1v) is 9.82. The van der Waals surface area contributed by atoms with Crippen molar-refractivity contribution in [1.29, 1.82) is 5.26 Å². The van der Waals surface area contributed by atoms with Crippen molar-refractivity contribution in [1.82, 2.24) is 9.55 Å². The third-order valence-electron chi connectivity index (χ3n) is 5.05. The number of halogens is 2. The van der Waals surface area contributed by atoms with E-state index in [9.17, 15) is 10.1 Å². The minimum absolute atomic E-state index is 0.0603. The fraction of sp³-hybridized carbons (Fsp3) is 0.136. The van der Waals surface area contributed by atoms with Crippen molar-refractivity contribution in [3.63, 3.8) is 0 Å². The van der Waals surface area contributed by atoms with Crippen LogP contribution in [0.15, 0.2) is 65.0 Å². The van der Waals surface area contributed by atoms with Crippen LogP contribution in [0.4, 0.5) is 0 Å². The summed E-state index contributed by atoms with van der Waals surface area (Å²) >= 11 is 12.7. The van der Waals surface area contributed by atoms with Gasteiger partial charge in [0.05, 0.1) is 28.1 Å². The number of ether oxygens (including phenoxy) is 1. The number of rotatable bonds is 3. The zero-order chi connectivity index (χ0) is 21.4. The Hall–Kier alpha value is -3.27. The highest BCUT2D eigenvalue weighted by molar-refractivity contribution is 6.42. The highest BCUT2D eigenvalue weighted by Crippen LogP contribution is 2.44. The molecule has 1 aliphatic heterocycles. The van der Waals surface area contributed by atoms with Gasteiger partial charge in [-0.3, -0.25) is 9.78 Å². The van der Waals surface area contributed by atoms with E-state index in [0.717, 1.165) is 5.56 Å². The molecule has 0 bridgehead atoms. The zero-order valence-electron chi connectivity index (χ0n) is 15.9. The normalized spacial score (nSPS) is 15.3. The molecule has 30 heavy (non-hydrogen) atoms. The number of hydrogen-bond donors (Lipinski definition) is 1. The summed E-state index contributed by atoms with van der Waals surface area (Å²) in [5.74, 6) is -0.550. The maximum atomic E-state index is 13.6. The minimum Gasteiger partial charge on any atom is -0.440 e. The third kappa shape index (κ3) is 3.32. The predicted octanol–water partition coefficient (Wildman–Crippen LogP) is 4.13. The highest BCUT2D eigenvalue weighted by atomic mass is 35.5. The first-order chi connectivity index (χ1) is 14.4. The van der Waals surface area contributed by atoms with Gasteiger partial charge in [-0.15, -0.1) is 0 Å². The number of nitriles is 1. The molecule has 3 aromatic rings. The summed E-state index contributed by atoms with van der Waals surface area (Å²) in [5.41, 5.74) is 8.20. The lowest BCUT2D eigenvalue weighted by atomic mass is 9.84. The summed E-state index contributed by atoms with van der Waals surface area (Å²) in [6.45, 7) is 2.13. The molecular weight excluding hydrogens is 423 g/mol. The van der Waals surface area contributed by atoms with E-state index < -0.39 is 5.92 Å². The van der Waals surface area contributed by atoms with Gasteiger partial charge in [0.1, 0.15) is 17.4 Å². The van der Waals surface area contributed by atoms with E-state index in [1.54, 1.807) is 41.2 Å². The molecule has 3 heterocycles. The number of nitrogens with zero attached hydrogens (tertiary/aromatic N) is 3. The van der Waals surface area contributed by atoms with Crippen molar-refractivity contribution in [2.24, 2.45) is 5.73 Å². The lowest BCUT2D eigenvalue weighted by Crippen LogP contribution is -2.33. The number of benzene rings is 1. The summed E-state index contributed by atoms with van der Waals surface area (Å²) in [6.07, 6.45) is 3.37. The van der Waals surface area contributed by atoms with Crippen LogP contribution in [0.3, 0.4) is 0 Å². The molecule has 0 spiro atoms. The van der Waals surface area contributed by atoms with E-state index in [1.807, 2.05) is 19.1 Å². The van der Waals surface area contributed by atoms with Gasteiger partial charge >= 0.3 is 0 Å². The van der Waals surface area contributed by atoms with E-state index >= 15 is 0 Å². The fourth-order valence-electron chi connectivity index (χ4n) is 3.61. The van der Waals surface area contributed by atoms with Crippen molar-refractivity contribution < 1.29 is 4.74 Å². The number of allylic oxidation sites excluding steroid dienone is 1. The molecule has 8 heteroatoms. The van der Waals surface area contributed by atoms with Crippen molar-refractivity contribution in [3.05, 3.63) is 103 Å². The van der Waals surface area contributed by atoms with E-state index in [2.05, 4.69) is 11.1 Å². The maximum Gasteiger partial charge on any atom is 0.259 e. The van der Waals surface area contributed by atoms with E-state index in [-0.39, 0.29) is 22.0 Å². The Labute approximate surface area is 182 Å². The van der Waals surface area contributed by atoms with Crippen LogP contribution in [0.25, 0.3) is 0 Å². The average molecular weight is 439 g/mol. The van der Waals surface area contributed by atoms with Crippen molar-refractivity contribution in [2.45, 2.75) is 19.4 Å². The second kappa shape index (κ2) is 7.86. The second-order valence-electron chi connectivity index (χ2n) is 6.88. The first-order valence-electron chi connectivity index (χ1n) is 9.07. The highest BCUT2D eigenvalue weighted by Gasteiger charge is 2.35. The van der Waals surface area contributed by atoms with Gasteiger partial charge in [0, 0.05) is 24.2 Å². The van der Waals surface area contributed by atoms with Crippen LogP contribution < -0.4 is 16.0 Å². The molecule has 0 unspecified atom stereocenters. The van der Waals surface area contributed by atoms with E-state index in [1.165, 1.54) is 0 Å². The molecule has 0 saturated carbocycles. The molecule has 0 saturated heterocycles. The fourth-order valence-corrected chi connectivity index (χ4v) is 4.03. The summed E-state index contributed by atoms with van der Waals surface area (Å²) in [5, 5.41) is 10.3. The molecule has 1 atom stereocenters. The molecular formula is C22H16Cl2N4O2. The van der Waals surface area contributed by atoms with E-state index in [0.29, 0.717) is 34.1 Å². The van der Waals surface area contributed by atoms with Gasteiger partial charge in [0.25, 0.3) is 5.56 Å². The number of nitrogens with two attached hydrogens (primary N) is 1. The Balaban J connectivity index is 1.97. The molecule has 1 aliphatic rings. The van der Waals surface area contributed by atoms with Crippen molar-refractivity contribution >= 4 is 23.2 Å². The van der Waals surface area contributed by atoms with Gasteiger partial charge in [-0.2, -0.15) is 5.26 Å². The summed E-state index contributed by atoms with van der Waals surface area (Å²) < 4.78 is 7.27. The summed E-state index contributed by atoms with van der Waals surface area (Å²) in [6, 6.07) is 12.6. The topological polar surface area (TPSA) is 93.9 Å². The van der Waals surface area contributed by atoms with Crippen LogP contribution in [-0.2, 0) is 6.54 Å². The van der Waals surface area contributed by atoms with E-state index in [4.69, 9.17) is 33.7 Å². The van der Waals surface area contributed by atoms with Crippen LogP contribution in [0.5, 0.6) is 5.75 Å². The number of aromatic nitrogens is 2. The molecule has 0 fully saturated rings. The second-order valence-corrected chi connectivity index (χ2v) is 7.67. The summed E-state index contributed by atoms with van der Waals surface area (Å²) in [4.78, 5) is 17.7. The molecule has 2 N–H and O–H groups in total. The number of pyridine rings is 2. The Kier molecular flexibility index (Phi) is 5.25. The Morgan fingerprint density at radius 2 is 2.10 bits per heavy atom. The van der Waals surface area contributed by atoms with Crippen LogP contribution >= 0.6 is 23.2 Å².